The fraction of sp³-hybridized carbons (Fsp3) is 0.133. The first-order chi connectivity index (χ1) is 10.0. The number of anilines is 1. The molecule has 21 heavy (non-hydrogen) atoms. The zero-order valence-electron chi connectivity index (χ0n) is 10.8. The van der Waals surface area contributed by atoms with Crippen molar-refractivity contribution in [2.75, 3.05) is 5.32 Å². The van der Waals surface area contributed by atoms with Gasteiger partial charge in [-0.1, -0.05) is 29.3 Å². The Bertz CT molecular complexity index is 711. The molecule has 0 unspecified atom stereocenters. The summed E-state index contributed by atoms with van der Waals surface area (Å²) in [5.41, 5.74) is 3.20. The van der Waals surface area contributed by atoms with Gasteiger partial charge in [-0.3, -0.25) is 4.79 Å². The van der Waals surface area contributed by atoms with E-state index in [9.17, 15) is 9.18 Å². The maximum Gasteiger partial charge on any atom is 0.255 e. The average molecular weight is 325 g/mol. The molecule has 1 aliphatic heterocycles. The number of benzene rings is 2. The second kappa shape index (κ2) is 5.64. The average Bonchev–Trinajstić information content (AvgIpc) is 2.91. The minimum Gasteiger partial charge on any atom is -0.322 e. The highest BCUT2D eigenvalue weighted by molar-refractivity contribution is 6.35. The van der Waals surface area contributed by atoms with E-state index in [0.717, 1.165) is 18.7 Å². The number of rotatable bonds is 2. The Labute approximate surface area is 131 Å². The summed E-state index contributed by atoms with van der Waals surface area (Å²) in [5.74, 6) is -0.983. The van der Waals surface area contributed by atoms with Gasteiger partial charge in [0.15, 0.2) is 5.82 Å². The van der Waals surface area contributed by atoms with Gasteiger partial charge in [0.2, 0.25) is 0 Å². The van der Waals surface area contributed by atoms with E-state index in [4.69, 9.17) is 23.2 Å². The van der Waals surface area contributed by atoms with E-state index in [-0.39, 0.29) is 16.0 Å². The van der Waals surface area contributed by atoms with Gasteiger partial charge >= 0.3 is 0 Å². The van der Waals surface area contributed by atoms with Gasteiger partial charge in [0, 0.05) is 24.3 Å². The molecular formula is C15H11Cl2FN2O. The zero-order chi connectivity index (χ0) is 15.0. The SMILES string of the molecule is O=C(Nc1cc(Cl)c(F)c(Cl)c1)c1ccc2c(c1)CNC2. The normalized spacial score (nSPS) is 13.1. The third kappa shape index (κ3) is 2.88. The molecule has 108 valence electrons. The second-order valence-corrected chi connectivity index (χ2v) is 5.61. The molecule has 2 aromatic carbocycles. The van der Waals surface area contributed by atoms with Crippen molar-refractivity contribution >= 4 is 34.8 Å². The van der Waals surface area contributed by atoms with Crippen molar-refractivity contribution in [1.29, 1.82) is 0 Å². The van der Waals surface area contributed by atoms with Crippen LogP contribution in [0.15, 0.2) is 30.3 Å². The lowest BCUT2D eigenvalue weighted by atomic mass is 10.1. The van der Waals surface area contributed by atoms with E-state index in [1.165, 1.54) is 17.7 Å². The van der Waals surface area contributed by atoms with Gasteiger partial charge in [-0.15, -0.1) is 0 Å². The molecule has 0 aromatic heterocycles. The van der Waals surface area contributed by atoms with Crippen LogP contribution in [0, 0.1) is 5.82 Å². The molecule has 2 N–H and O–H groups in total. The third-order valence-corrected chi connectivity index (χ3v) is 3.89. The third-order valence-electron chi connectivity index (χ3n) is 3.34. The number of carbonyl (C=O) groups excluding carboxylic acids is 1. The van der Waals surface area contributed by atoms with Gasteiger partial charge in [0.1, 0.15) is 0 Å². The Balaban J connectivity index is 1.83. The molecule has 0 spiro atoms. The summed E-state index contributed by atoms with van der Waals surface area (Å²) >= 11 is 11.4. The zero-order valence-corrected chi connectivity index (χ0v) is 12.4. The fourth-order valence-corrected chi connectivity index (χ4v) is 2.75. The Morgan fingerprint density at radius 2 is 1.76 bits per heavy atom. The van der Waals surface area contributed by atoms with Crippen molar-refractivity contribution in [3.8, 4) is 0 Å². The molecule has 3 nitrogen and oxygen atoms in total. The van der Waals surface area contributed by atoms with Crippen molar-refractivity contribution < 1.29 is 9.18 Å². The Morgan fingerprint density at radius 3 is 2.48 bits per heavy atom. The number of amides is 1. The van der Waals surface area contributed by atoms with Crippen LogP contribution in [0.3, 0.4) is 0 Å². The number of hydrogen-bond acceptors (Lipinski definition) is 2. The van der Waals surface area contributed by atoms with Crippen LogP contribution in [0.25, 0.3) is 0 Å². The molecule has 0 atom stereocenters. The van der Waals surface area contributed by atoms with Gasteiger partial charge in [-0.25, -0.2) is 4.39 Å². The van der Waals surface area contributed by atoms with Crippen LogP contribution in [-0.4, -0.2) is 5.91 Å². The minimum absolute atomic E-state index is 0.129. The van der Waals surface area contributed by atoms with Crippen LogP contribution in [0.1, 0.15) is 21.5 Å². The molecule has 0 saturated carbocycles. The van der Waals surface area contributed by atoms with Crippen LogP contribution in [-0.2, 0) is 13.1 Å². The lowest BCUT2D eigenvalue weighted by Crippen LogP contribution is -2.12. The maximum absolute atomic E-state index is 13.3. The Kier molecular flexibility index (Phi) is 3.85. The topological polar surface area (TPSA) is 41.1 Å². The number of halogens is 3. The van der Waals surface area contributed by atoms with Crippen molar-refractivity contribution in [1.82, 2.24) is 5.32 Å². The van der Waals surface area contributed by atoms with Gasteiger partial charge in [-0.2, -0.15) is 0 Å². The number of carbonyl (C=O) groups is 1. The van der Waals surface area contributed by atoms with Crippen LogP contribution in [0.5, 0.6) is 0 Å². The van der Waals surface area contributed by atoms with Crippen molar-refractivity contribution in [2.24, 2.45) is 0 Å². The van der Waals surface area contributed by atoms with Gasteiger partial charge < -0.3 is 10.6 Å². The van der Waals surface area contributed by atoms with Crippen LogP contribution in [0.2, 0.25) is 10.0 Å². The second-order valence-electron chi connectivity index (χ2n) is 4.80. The van der Waals surface area contributed by atoms with Crippen LogP contribution < -0.4 is 10.6 Å². The molecule has 2 aromatic rings. The van der Waals surface area contributed by atoms with Crippen molar-refractivity contribution in [3.63, 3.8) is 0 Å². The standard InChI is InChI=1S/C15H11Cl2FN2O/c16-12-4-11(5-13(17)14(12)18)20-15(21)8-1-2-9-6-19-7-10(9)3-8/h1-5,19H,6-7H2,(H,20,21). The van der Waals surface area contributed by atoms with E-state index in [2.05, 4.69) is 10.6 Å². The van der Waals surface area contributed by atoms with Gasteiger partial charge in [0.25, 0.3) is 5.91 Å². The quantitative estimate of drug-likeness (QED) is 0.820. The predicted molar refractivity (Wildman–Crippen MR) is 81.4 cm³/mol. The van der Waals surface area contributed by atoms with E-state index in [0.29, 0.717) is 11.3 Å². The van der Waals surface area contributed by atoms with E-state index in [1.54, 1.807) is 6.07 Å². The molecular weight excluding hydrogens is 314 g/mol. The molecule has 1 aliphatic rings. The molecule has 3 rings (SSSR count). The summed E-state index contributed by atoms with van der Waals surface area (Å²) in [5, 5.41) is 5.62. The molecule has 0 saturated heterocycles. The predicted octanol–water partition coefficient (Wildman–Crippen LogP) is 3.99. The fourth-order valence-electron chi connectivity index (χ4n) is 2.27. The maximum atomic E-state index is 13.3. The smallest absolute Gasteiger partial charge is 0.255 e. The molecule has 6 heteroatoms. The molecule has 0 fully saturated rings. The van der Waals surface area contributed by atoms with Crippen LogP contribution >= 0.6 is 23.2 Å². The van der Waals surface area contributed by atoms with Gasteiger partial charge in [-0.05, 0) is 35.4 Å². The van der Waals surface area contributed by atoms with E-state index in [1.807, 2.05) is 12.1 Å². The van der Waals surface area contributed by atoms with Crippen LogP contribution in [0.4, 0.5) is 10.1 Å². The first-order valence-corrected chi connectivity index (χ1v) is 7.08. The van der Waals surface area contributed by atoms with Crippen molar-refractivity contribution in [2.45, 2.75) is 13.1 Å². The highest BCUT2D eigenvalue weighted by Gasteiger charge is 2.15. The van der Waals surface area contributed by atoms with Crippen molar-refractivity contribution in [3.05, 3.63) is 62.9 Å². The summed E-state index contributed by atoms with van der Waals surface area (Å²) in [4.78, 5) is 12.2. The lowest BCUT2D eigenvalue weighted by Gasteiger charge is -2.08. The number of fused-ring (bicyclic) bond motifs is 1. The lowest BCUT2D eigenvalue weighted by molar-refractivity contribution is 0.102. The Hall–Kier alpha value is -1.62. The molecule has 1 amide bonds. The highest BCUT2D eigenvalue weighted by atomic mass is 35.5. The number of nitrogens with one attached hydrogen (secondary N) is 2. The monoisotopic (exact) mass is 324 g/mol. The first kappa shape index (κ1) is 14.3. The van der Waals surface area contributed by atoms with Gasteiger partial charge in [0.05, 0.1) is 10.0 Å². The minimum atomic E-state index is -0.695. The molecule has 1 heterocycles. The Morgan fingerprint density at radius 1 is 1.10 bits per heavy atom. The summed E-state index contributed by atoms with van der Waals surface area (Å²) < 4.78 is 13.3. The largest absolute Gasteiger partial charge is 0.322 e. The summed E-state index contributed by atoms with van der Waals surface area (Å²) in [6.45, 7) is 1.57. The highest BCUT2D eigenvalue weighted by Crippen LogP contribution is 2.27. The number of hydrogen-bond donors (Lipinski definition) is 2. The molecule has 0 aliphatic carbocycles. The van der Waals surface area contributed by atoms with E-state index >= 15 is 0 Å². The van der Waals surface area contributed by atoms with E-state index < -0.39 is 5.82 Å². The summed E-state index contributed by atoms with van der Waals surface area (Å²) in [6.07, 6.45) is 0. The first-order valence-electron chi connectivity index (χ1n) is 6.33. The molecule has 0 bridgehead atoms. The molecule has 0 radical (unpaired) electrons. The summed E-state index contributed by atoms with van der Waals surface area (Å²) in [7, 11) is 0. The summed E-state index contributed by atoms with van der Waals surface area (Å²) in [6, 6.07) is 8.19.